The monoisotopic (exact) mass is 428 g/mol. The molecule has 3 heterocycles. The van der Waals surface area contributed by atoms with Gasteiger partial charge in [0.25, 0.3) is 5.56 Å². The molecule has 0 N–H and O–H groups in total. The van der Waals surface area contributed by atoms with E-state index in [9.17, 15) is 14.0 Å². The van der Waals surface area contributed by atoms with Crippen LogP contribution in [0.1, 0.15) is 37.1 Å². The Morgan fingerprint density at radius 3 is 2.67 bits per heavy atom. The van der Waals surface area contributed by atoms with E-state index in [1.54, 1.807) is 18.5 Å². The Kier molecular flexibility index (Phi) is 4.29. The lowest BCUT2D eigenvalue weighted by atomic mass is 9.99. The van der Waals surface area contributed by atoms with Gasteiger partial charge in [-0.3, -0.25) is 14.0 Å². The summed E-state index contributed by atoms with van der Waals surface area (Å²) in [5, 5.41) is 0.655. The predicted octanol–water partition coefficient (Wildman–Crippen LogP) is 3.57. The van der Waals surface area contributed by atoms with Crippen LogP contribution in [0.5, 0.6) is 0 Å². The van der Waals surface area contributed by atoms with Gasteiger partial charge in [-0.25, -0.2) is 9.37 Å². The van der Waals surface area contributed by atoms with Gasteiger partial charge in [0.15, 0.2) is 0 Å². The summed E-state index contributed by atoms with van der Waals surface area (Å²) in [4.78, 5) is 32.1. The van der Waals surface area contributed by atoms with Crippen LogP contribution in [0.15, 0.2) is 35.4 Å². The highest BCUT2D eigenvalue weighted by molar-refractivity contribution is 6.31. The Labute approximate surface area is 177 Å². The van der Waals surface area contributed by atoms with E-state index in [0.29, 0.717) is 22.2 Å². The van der Waals surface area contributed by atoms with Crippen molar-refractivity contribution in [1.29, 1.82) is 0 Å². The highest BCUT2D eigenvalue weighted by Gasteiger charge is 2.41. The third-order valence-corrected chi connectivity index (χ3v) is 6.29. The van der Waals surface area contributed by atoms with Crippen molar-refractivity contribution in [3.63, 3.8) is 0 Å². The molecule has 8 heteroatoms. The van der Waals surface area contributed by atoms with Gasteiger partial charge in [0.05, 0.1) is 13.1 Å². The predicted molar refractivity (Wildman–Crippen MR) is 113 cm³/mol. The topological polar surface area (TPSA) is 59.6 Å². The lowest BCUT2D eigenvalue weighted by Crippen LogP contribution is -2.60. The number of aromatic nitrogens is 3. The van der Waals surface area contributed by atoms with Gasteiger partial charge in [-0.05, 0) is 44.4 Å². The SMILES string of the molecule is Cc1cc(-c2nc(C3CC3)n3ccn(CC(=O)N4CC(C)(F)C4)c(=O)c23)ccc1Cl. The molecular formula is C22H22ClFN4O2. The maximum atomic E-state index is 13.7. The van der Waals surface area contributed by atoms with Crippen molar-refractivity contribution in [3.05, 3.63) is 57.4 Å². The molecule has 1 amide bonds. The normalized spacial score (nSPS) is 17.9. The number of rotatable bonds is 4. The summed E-state index contributed by atoms with van der Waals surface area (Å²) in [5.74, 6) is 0.960. The number of benzene rings is 1. The van der Waals surface area contributed by atoms with Crippen molar-refractivity contribution in [2.75, 3.05) is 13.1 Å². The van der Waals surface area contributed by atoms with E-state index < -0.39 is 5.67 Å². The van der Waals surface area contributed by atoms with Gasteiger partial charge in [0.1, 0.15) is 29.2 Å². The maximum absolute atomic E-state index is 13.7. The smallest absolute Gasteiger partial charge is 0.277 e. The quantitative estimate of drug-likeness (QED) is 0.638. The molecule has 0 radical (unpaired) electrons. The van der Waals surface area contributed by atoms with Crippen molar-refractivity contribution in [2.45, 2.75) is 44.8 Å². The molecule has 1 aliphatic carbocycles. The number of carbonyl (C=O) groups is 1. The fourth-order valence-electron chi connectivity index (χ4n) is 4.08. The number of alkyl halides is 1. The van der Waals surface area contributed by atoms with Crippen LogP contribution in [0.4, 0.5) is 4.39 Å². The fourth-order valence-corrected chi connectivity index (χ4v) is 4.19. The van der Waals surface area contributed by atoms with Crippen molar-refractivity contribution >= 4 is 23.0 Å². The third kappa shape index (κ3) is 3.21. The average Bonchev–Trinajstić information content (AvgIpc) is 3.44. The first-order valence-electron chi connectivity index (χ1n) is 10.1. The lowest BCUT2D eigenvalue weighted by Gasteiger charge is -2.42. The molecule has 1 aliphatic heterocycles. The summed E-state index contributed by atoms with van der Waals surface area (Å²) in [6.45, 7) is 3.40. The van der Waals surface area contributed by atoms with Crippen LogP contribution in [0.25, 0.3) is 16.8 Å². The van der Waals surface area contributed by atoms with E-state index in [-0.39, 0.29) is 31.1 Å². The van der Waals surface area contributed by atoms with Crippen molar-refractivity contribution < 1.29 is 9.18 Å². The minimum Gasteiger partial charge on any atom is -0.335 e. The number of likely N-dealkylation sites (tertiary alicyclic amines) is 1. The number of fused-ring (bicyclic) bond motifs is 1. The molecule has 156 valence electrons. The molecule has 1 saturated carbocycles. The second kappa shape index (κ2) is 6.67. The van der Waals surface area contributed by atoms with E-state index in [2.05, 4.69) is 0 Å². The number of halogens is 2. The summed E-state index contributed by atoms with van der Waals surface area (Å²) < 4.78 is 17.0. The van der Waals surface area contributed by atoms with E-state index >= 15 is 0 Å². The summed E-state index contributed by atoms with van der Waals surface area (Å²) in [6.07, 6.45) is 5.52. The molecule has 2 aliphatic rings. The van der Waals surface area contributed by atoms with Gasteiger partial charge in [-0.2, -0.15) is 0 Å². The molecule has 1 aromatic carbocycles. The zero-order valence-electron chi connectivity index (χ0n) is 16.9. The van der Waals surface area contributed by atoms with Gasteiger partial charge in [0, 0.05) is 28.9 Å². The Morgan fingerprint density at radius 1 is 1.30 bits per heavy atom. The molecule has 30 heavy (non-hydrogen) atoms. The molecule has 3 aromatic rings. The molecule has 5 rings (SSSR count). The maximum Gasteiger partial charge on any atom is 0.277 e. The first-order valence-corrected chi connectivity index (χ1v) is 10.5. The van der Waals surface area contributed by atoms with Crippen LogP contribution >= 0.6 is 11.6 Å². The summed E-state index contributed by atoms with van der Waals surface area (Å²) in [5.41, 5.74) is 1.16. The van der Waals surface area contributed by atoms with Gasteiger partial charge >= 0.3 is 0 Å². The molecular weight excluding hydrogens is 407 g/mol. The van der Waals surface area contributed by atoms with Crippen LogP contribution in [0.2, 0.25) is 5.02 Å². The minimum atomic E-state index is -1.34. The standard InChI is InChI=1S/C22H22ClFN4O2/c1-13-9-15(5-6-16(13)23)18-19-21(30)26(10-17(29)27-11-22(2,24)12-27)7-8-28(19)20(25-18)14-3-4-14/h5-9,14H,3-4,10-12H2,1-2H3. The van der Waals surface area contributed by atoms with Crippen molar-refractivity contribution in [1.82, 2.24) is 18.9 Å². The van der Waals surface area contributed by atoms with E-state index in [1.807, 2.05) is 23.5 Å². The molecule has 0 atom stereocenters. The fraction of sp³-hybridized carbons (Fsp3) is 0.409. The van der Waals surface area contributed by atoms with Crippen LogP contribution in [-0.4, -0.2) is 43.5 Å². The number of amides is 1. The number of aryl methyl sites for hydroxylation is 1. The van der Waals surface area contributed by atoms with E-state index in [4.69, 9.17) is 16.6 Å². The number of nitrogens with zero attached hydrogens (tertiary/aromatic N) is 4. The largest absolute Gasteiger partial charge is 0.335 e. The Bertz CT molecular complexity index is 1230. The summed E-state index contributed by atoms with van der Waals surface area (Å²) >= 11 is 6.17. The molecule has 0 bridgehead atoms. The van der Waals surface area contributed by atoms with Crippen molar-refractivity contribution in [3.8, 4) is 11.3 Å². The first-order chi connectivity index (χ1) is 14.2. The second-order valence-electron chi connectivity index (χ2n) is 8.67. The van der Waals surface area contributed by atoms with Crippen molar-refractivity contribution in [2.24, 2.45) is 0 Å². The Balaban J connectivity index is 1.58. The molecule has 2 aromatic heterocycles. The van der Waals surface area contributed by atoms with E-state index in [0.717, 1.165) is 29.8 Å². The lowest BCUT2D eigenvalue weighted by molar-refractivity contribution is -0.144. The summed E-state index contributed by atoms with van der Waals surface area (Å²) in [6, 6.07) is 5.58. The van der Waals surface area contributed by atoms with Gasteiger partial charge < -0.3 is 9.47 Å². The number of imidazole rings is 1. The Morgan fingerprint density at radius 2 is 2.03 bits per heavy atom. The van der Waals surface area contributed by atoms with Crippen LogP contribution in [0.3, 0.4) is 0 Å². The number of carbonyl (C=O) groups excluding carboxylic acids is 1. The highest BCUT2D eigenvalue weighted by Crippen LogP contribution is 2.41. The zero-order chi connectivity index (χ0) is 21.2. The minimum absolute atomic E-state index is 0.0661. The first kappa shape index (κ1) is 19.3. The second-order valence-corrected chi connectivity index (χ2v) is 9.08. The van der Waals surface area contributed by atoms with E-state index in [1.165, 1.54) is 16.4 Å². The van der Waals surface area contributed by atoms with Crippen LogP contribution in [-0.2, 0) is 11.3 Å². The van der Waals surface area contributed by atoms with Gasteiger partial charge in [-0.15, -0.1) is 0 Å². The molecule has 0 spiro atoms. The molecule has 1 saturated heterocycles. The number of hydrogen-bond acceptors (Lipinski definition) is 3. The highest BCUT2D eigenvalue weighted by atomic mass is 35.5. The third-order valence-electron chi connectivity index (χ3n) is 5.87. The van der Waals surface area contributed by atoms with Gasteiger partial charge in [0.2, 0.25) is 5.91 Å². The van der Waals surface area contributed by atoms with Crippen LogP contribution < -0.4 is 5.56 Å². The number of hydrogen-bond donors (Lipinski definition) is 0. The molecule has 6 nitrogen and oxygen atoms in total. The van der Waals surface area contributed by atoms with Gasteiger partial charge in [-0.1, -0.05) is 17.7 Å². The molecule has 2 fully saturated rings. The summed E-state index contributed by atoms with van der Waals surface area (Å²) in [7, 11) is 0. The average molecular weight is 429 g/mol. The van der Waals surface area contributed by atoms with Crippen LogP contribution in [0, 0.1) is 6.92 Å². The zero-order valence-corrected chi connectivity index (χ0v) is 17.6. The molecule has 0 unspecified atom stereocenters. The Hall–Kier alpha value is -2.67.